The number of aromatic hydroxyl groups is 1. The summed E-state index contributed by atoms with van der Waals surface area (Å²) in [6.07, 6.45) is -0.204. The lowest BCUT2D eigenvalue weighted by molar-refractivity contribution is -0.116. The zero-order valence-electron chi connectivity index (χ0n) is 17.6. The summed E-state index contributed by atoms with van der Waals surface area (Å²) in [5.41, 5.74) is 0.102. The van der Waals surface area contributed by atoms with Crippen LogP contribution in [0, 0.1) is 6.92 Å². The number of fused-ring (bicyclic) bond motifs is 1. The Morgan fingerprint density at radius 2 is 1.97 bits per heavy atom. The number of benzene rings is 2. The van der Waals surface area contributed by atoms with Crippen molar-refractivity contribution >= 4 is 34.8 Å². The van der Waals surface area contributed by atoms with Crippen LogP contribution in [0.2, 0.25) is 10.0 Å². The first-order valence-electron chi connectivity index (χ1n) is 9.83. The van der Waals surface area contributed by atoms with Crippen molar-refractivity contribution < 1.29 is 28.5 Å². The molecule has 1 unspecified atom stereocenters. The van der Waals surface area contributed by atoms with Crippen LogP contribution >= 0.6 is 23.2 Å². The number of halogens is 2. The molecule has 0 bridgehead atoms. The van der Waals surface area contributed by atoms with E-state index < -0.39 is 17.5 Å². The second-order valence-corrected chi connectivity index (χ2v) is 8.15. The van der Waals surface area contributed by atoms with Gasteiger partial charge in [-0.2, -0.15) is 0 Å². The number of nitrogens with one attached hydrogen (secondary N) is 1. The Balaban J connectivity index is 1.75. The number of hydrogen-bond acceptors (Lipinski definition) is 7. The number of amides is 1. The Kier molecular flexibility index (Phi) is 6.40. The van der Waals surface area contributed by atoms with Crippen molar-refractivity contribution in [2.45, 2.75) is 19.3 Å². The first kappa shape index (κ1) is 22.8. The van der Waals surface area contributed by atoms with E-state index in [0.29, 0.717) is 33.5 Å². The molecule has 1 aliphatic rings. The molecule has 2 aromatic carbocycles. The zero-order valence-corrected chi connectivity index (χ0v) is 19.1. The standard InChI is InChI=1S/C23H19Cl2NO7/c1-11-5-17(27)21(23(29)33-11)14(9-20(28)26-13-3-4-15(24)16(25)8-13)12-6-18(30-2)22-19(7-12)31-10-32-22/h3-8,14,27H,9-10H2,1-2H3,(H,26,28). The van der Waals surface area contributed by atoms with E-state index in [1.54, 1.807) is 31.2 Å². The number of methoxy groups -OCH3 is 1. The SMILES string of the molecule is COc1cc(C(CC(=O)Nc2ccc(Cl)c(Cl)c2)c2c(O)cc(C)oc2=O)cc2c1OCO2. The van der Waals surface area contributed by atoms with Crippen LogP contribution in [0.4, 0.5) is 5.69 Å². The summed E-state index contributed by atoms with van der Waals surface area (Å²) in [6.45, 7) is 1.55. The topological polar surface area (TPSA) is 107 Å². The summed E-state index contributed by atoms with van der Waals surface area (Å²) in [7, 11) is 1.46. The van der Waals surface area contributed by atoms with Crippen molar-refractivity contribution in [3.8, 4) is 23.0 Å². The molecule has 0 spiro atoms. The number of carbonyl (C=O) groups is 1. The lowest BCUT2D eigenvalue weighted by Gasteiger charge is -2.19. The zero-order chi connectivity index (χ0) is 23.7. The van der Waals surface area contributed by atoms with E-state index in [1.165, 1.54) is 19.2 Å². The van der Waals surface area contributed by atoms with Crippen molar-refractivity contribution in [2.24, 2.45) is 0 Å². The highest BCUT2D eigenvalue weighted by molar-refractivity contribution is 6.42. The van der Waals surface area contributed by atoms with Crippen LogP contribution < -0.4 is 25.2 Å². The molecule has 1 aromatic heterocycles. The maximum atomic E-state index is 13.0. The molecule has 1 atom stereocenters. The van der Waals surface area contributed by atoms with Gasteiger partial charge in [-0.3, -0.25) is 4.79 Å². The Morgan fingerprint density at radius 1 is 1.18 bits per heavy atom. The third-order valence-electron chi connectivity index (χ3n) is 5.11. The second-order valence-electron chi connectivity index (χ2n) is 7.33. The molecule has 1 amide bonds. The Bertz CT molecular complexity index is 1290. The fraction of sp³-hybridized carbons (Fsp3) is 0.217. The van der Waals surface area contributed by atoms with Crippen LogP contribution in [0.3, 0.4) is 0 Å². The molecule has 0 saturated carbocycles. The third kappa shape index (κ3) is 4.72. The van der Waals surface area contributed by atoms with E-state index in [2.05, 4.69) is 5.32 Å². The van der Waals surface area contributed by atoms with Gasteiger partial charge < -0.3 is 29.1 Å². The van der Waals surface area contributed by atoms with Crippen molar-refractivity contribution in [2.75, 3.05) is 19.2 Å². The van der Waals surface area contributed by atoms with Gasteiger partial charge in [-0.25, -0.2) is 4.79 Å². The number of ether oxygens (including phenoxy) is 3. The van der Waals surface area contributed by atoms with Crippen LogP contribution in [0.1, 0.15) is 29.2 Å². The van der Waals surface area contributed by atoms with Crippen LogP contribution in [0.15, 0.2) is 45.6 Å². The van der Waals surface area contributed by atoms with Gasteiger partial charge in [0.1, 0.15) is 11.5 Å². The number of anilines is 1. The fourth-order valence-electron chi connectivity index (χ4n) is 3.64. The summed E-state index contributed by atoms with van der Waals surface area (Å²) >= 11 is 12.0. The Morgan fingerprint density at radius 3 is 2.67 bits per heavy atom. The largest absolute Gasteiger partial charge is 0.507 e. The van der Waals surface area contributed by atoms with Gasteiger partial charge in [0.25, 0.3) is 0 Å². The van der Waals surface area contributed by atoms with E-state index in [9.17, 15) is 14.7 Å². The number of rotatable bonds is 6. The molecule has 2 N–H and O–H groups in total. The van der Waals surface area contributed by atoms with Gasteiger partial charge in [0.05, 0.1) is 22.7 Å². The van der Waals surface area contributed by atoms with Gasteiger partial charge in [-0.15, -0.1) is 0 Å². The molecule has 4 rings (SSSR count). The van der Waals surface area contributed by atoms with Crippen molar-refractivity contribution in [1.29, 1.82) is 0 Å². The molecule has 10 heteroatoms. The lowest BCUT2D eigenvalue weighted by atomic mass is 9.88. The van der Waals surface area contributed by atoms with Crippen LogP contribution in [-0.4, -0.2) is 24.9 Å². The molecule has 2 heterocycles. The molecule has 0 radical (unpaired) electrons. The second kappa shape index (κ2) is 9.25. The lowest BCUT2D eigenvalue weighted by Crippen LogP contribution is -2.21. The summed E-state index contributed by atoms with van der Waals surface area (Å²) in [5.74, 6) is -0.180. The minimum atomic E-state index is -0.881. The predicted octanol–water partition coefficient (Wildman–Crippen LogP) is 4.86. The molecule has 0 saturated heterocycles. The fourth-order valence-corrected chi connectivity index (χ4v) is 3.93. The highest BCUT2D eigenvalue weighted by Gasteiger charge is 2.29. The maximum absolute atomic E-state index is 13.0. The van der Waals surface area contributed by atoms with Crippen LogP contribution in [0.25, 0.3) is 0 Å². The summed E-state index contributed by atoms with van der Waals surface area (Å²) in [5, 5.41) is 13.9. The molecule has 0 aliphatic carbocycles. The number of hydrogen-bond donors (Lipinski definition) is 2. The summed E-state index contributed by atoms with van der Waals surface area (Å²) in [6, 6.07) is 9.26. The van der Waals surface area contributed by atoms with Gasteiger partial charge in [-0.05, 0) is 42.8 Å². The highest BCUT2D eigenvalue weighted by Crippen LogP contribution is 2.45. The average molecular weight is 492 g/mol. The number of carbonyl (C=O) groups excluding carboxylic acids is 1. The molecular formula is C23H19Cl2NO7. The van der Waals surface area contributed by atoms with Gasteiger partial charge >= 0.3 is 5.63 Å². The van der Waals surface area contributed by atoms with Gasteiger partial charge in [-0.1, -0.05) is 23.2 Å². The Labute approximate surface area is 198 Å². The van der Waals surface area contributed by atoms with E-state index in [1.807, 2.05) is 0 Å². The van der Waals surface area contributed by atoms with E-state index >= 15 is 0 Å². The minimum Gasteiger partial charge on any atom is -0.507 e. The monoisotopic (exact) mass is 491 g/mol. The van der Waals surface area contributed by atoms with E-state index in [-0.39, 0.29) is 35.3 Å². The van der Waals surface area contributed by atoms with Crippen LogP contribution in [-0.2, 0) is 4.79 Å². The number of aryl methyl sites for hydroxylation is 1. The van der Waals surface area contributed by atoms with E-state index in [4.69, 9.17) is 41.8 Å². The highest BCUT2D eigenvalue weighted by atomic mass is 35.5. The van der Waals surface area contributed by atoms with Crippen molar-refractivity contribution in [3.63, 3.8) is 0 Å². The predicted molar refractivity (Wildman–Crippen MR) is 122 cm³/mol. The maximum Gasteiger partial charge on any atom is 0.343 e. The third-order valence-corrected chi connectivity index (χ3v) is 5.85. The van der Waals surface area contributed by atoms with Gasteiger partial charge in [0, 0.05) is 24.1 Å². The first-order valence-corrected chi connectivity index (χ1v) is 10.6. The molecule has 33 heavy (non-hydrogen) atoms. The van der Waals surface area contributed by atoms with Gasteiger partial charge in [0.15, 0.2) is 11.5 Å². The summed E-state index contributed by atoms with van der Waals surface area (Å²) < 4.78 is 21.5. The molecule has 1 aliphatic heterocycles. The van der Waals surface area contributed by atoms with Crippen LogP contribution in [0.5, 0.6) is 23.0 Å². The average Bonchev–Trinajstić information content (AvgIpc) is 3.23. The van der Waals surface area contributed by atoms with Crippen molar-refractivity contribution in [1.82, 2.24) is 0 Å². The Hall–Kier alpha value is -3.36. The quantitative estimate of drug-likeness (QED) is 0.506. The van der Waals surface area contributed by atoms with Crippen molar-refractivity contribution in [3.05, 3.63) is 73.8 Å². The molecule has 172 valence electrons. The molecular weight excluding hydrogens is 473 g/mol. The van der Waals surface area contributed by atoms with E-state index in [0.717, 1.165) is 0 Å². The summed E-state index contributed by atoms with van der Waals surface area (Å²) in [4.78, 5) is 25.7. The molecule has 8 nitrogen and oxygen atoms in total. The molecule has 3 aromatic rings. The minimum absolute atomic E-state index is 0.00947. The normalized spacial score (nSPS) is 13.0. The van der Waals surface area contributed by atoms with Gasteiger partial charge in [0.2, 0.25) is 18.4 Å². The first-order chi connectivity index (χ1) is 15.8. The smallest absolute Gasteiger partial charge is 0.343 e. The molecule has 0 fully saturated rings.